The molecule has 2 heteroatoms. The molecule has 0 aromatic heterocycles. The summed E-state index contributed by atoms with van der Waals surface area (Å²) in [5.41, 5.74) is 2.19. The Hall–Kier alpha value is -1.31. The zero-order chi connectivity index (χ0) is 8.55. The third kappa shape index (κ3) is 1.09. The molecular formula is C10H10O2. The summed E-state index contributed by atoms with van der Waals surface area (Å²) in [5.74, 6) is 1.03. The van der Waals surface area contributed by atoms with Crippen LogP contribution in [0.15, 0.2) is 18.2 Å². The van der Waals surface area contributed by atoms with Crippen molar-refractivity contribution in [2.75, 3.05) is 6.61 Å². The van der Waals surface area contributed by atoms with Gasteiger partial charge in [-0.2, -0.15) is 0 Å². The Kier molecular flexibility index (Phi) is 1.61. The number of aryl methyl sites for hydroxylation is 1. The molecule has 0 fully saturated rings. The third-order valence-electron chi connectivity index (χ3n) is 2.13. The van der Waals surface area contributed by atoms with Crippen LogP contribution in [0, 0.1) is 6.92 Å². The van der Waals surface area contributed by atoms with Gasteiger partial charge in [0.15, 0.2) is 5.78 Å². The molecule has 0 radical (unpaired) electrons. The Morgan fingerprint density at radius 1 is 1.42 bits per heavy atom. The van der Waals surface area contributed by atoms with Gasteiger partial charge in [-0.1, -0.05) is 12.1 Å². The van der Waals surface area contributed by atoms with E-state index < -0.39 is 0 Å². The van der Waals surface area contributed by atoms with Crippen LogP contribution in [0.3, 0.4) is 0 Å². The number of ether oxygens (including phenoxy) is 1. The van der Waals surface area contributed by atoms with E-state index in [1.807, 2.05) is 25.1 Å². The number of carbonyl (C=O) groups excluding carboxylic acids is 1. The number of hydrogen-bond acceptors (Lipinski definition) is 2. The third-order valence-corrected chi connectivity index (χ3v) is 2.13. The van der Waals surface area contributed by atoms with E-state index in [4.69, 9.17) is 4.74 Å². The topological polar surface area (TPSA) is 26.3 Å². The Morgan fingerprint density at radius 2 is 2.25 bits per heavy atom. The van der Waals surface area contributed by atoms with Gasteiger partial charge in [0.1, 0.15) is 12.4 Å². The minimum atomic E-state index is 0.164. The molecule has 0 unspecified atom stereocenters. The molecule has 1 aromatic rings. The molecule has 1 aromatic carbocycles. The molecule has 1 aliphatic heterocycles. The molecule has 2 nitrogen and oxygen atoms in total. The van der Waals surface area contributed by atoms with Gasteiger partial charge in [-0.05, 0) is 18.6 Å². The predicted octanol–water partition coefficient (Wildman–Crippen LogP) is 1.50. The summed E-state index contributed by atoms with van der Waals surface area (Å²) in [5, 5.41) is 0. The van der Waals surface area contributed by atoms with Crippen LogP contribution in [-0.4, -0.2) is 12.4 Å². The predicted molar refractivity (Wildman–Crippen MR) is 45.4 cm³/mol. The summed E-state index contributed by atoms with van der Waals surface area (Å²) < 4.78 is 5.27. The van der Waals surface area contributed by atoms with Gasteiger partial charge in [0, 0.05) is 12.0 Å². The first kappa shape index (κ1) is 7.35. The van der Waals surface area contributed by atoms with Crippen LogP contribution < -0.4 is 4.74 Å². The molecule has 0 spiro atoms. The maximum atomic E-state index is 11.1. The quantitative estimate of drug-likeness (QED) is 0.577. The highest BCUT2D eigenvalue weighted by atomic mass is 16.5. The summed E-state index contributed by atoms with van der Waals surface area (Å²) in [6, 6.07) is 5.86. The van der Waals surface area contributed by atoms with Crippen LogP contribution in [0.5, 0.6) is 5.75 Å². The summed E-state index contributed by atoms with van der Waals surface area (Å²) in [6.45, 7) is 2.23. The standard InChI is InChI=1S/C10H10O2/c1-7-3-2-4-10-9(7)5-8(11)6-12-10/h2-4H,5-6H2,1H3. The largest absolute Gasteiger partial charge is 0.486 e. The van der Waals surface area contributed by atoms with E-state index in [2.05, 4.69) is 0 Å². The van der Waals surface area contributed by atoms with E-state index in [1.165, 1.54) is 0 Å². The summed E-state index contributed by atoms with van der Waals surface area (Å²) in [4.78, 5) is 11.1. The first-order chi connectivity index (χ1) is 5.77. The summed E-state index contributed by atoms with van der Waals surface area (Å²) >= 11 is 0. The summed E-state index contributed by atoms with van der Waals surface area (Å²) in [6.07, 6.45) is 0.530. The van der Waals surface area contributed by atoms with Gasteiger partial charge < -0.3 is 4.74 Å². The minimum absolute atomic E-state index is 0.164. The lowest BCUT2D eigenvalue weighted by molar-refractivity contribution is -0.121. The van der Waals surface area contributed by atoms with E-state index in [-0.39, 0.29) is 12.4 Å². The number of Topliss-reactive ketones (excluding diaryl/α,β-unsaturated/α-hetero) is 1. The van der Waals surface area contributed by atoms with E-state index in [1.54, 1.807) is 0 Å². The number of benzene rings is 1. The lowest BCUT2D eigenvalue weighted by Gasteiger charge is -2.17. The Labute approximate surface area is 71.2 Å². The molecule has 1 aliphatic rings. The van der Waals surface area contributed by atoms with Crippen LogP contribution in [0.25, 0.3) is 0 Å². The first-order valence-electron chi connectivity index (χ1n) is 4.00. The Bertz CT molecular complexity index is 329. The fourth-order valence-electron chi connectivity index (χ4n) is 1.44. The fourth-order valence-corrected chi connectivity index (χ4v) is 1.44. The molecule has 2 rings (SSSR count). The number of ketones is 1. The summed E-state index contributed by atoms with van der Waals surface area (Å²) in [7, 11) is 0. The van der Waals surface area contributed by atoms with Crippen molar-refractivity contribution in [2.24, 2.45) is 0 Å². The second-order valence-corrected chi connectivity index (χ2v) is 3.06. The number of rotatable bonds is 0. The second kappa shape index (κ2) is 2.63. The highest BCUT2D eigenvalue weighted by molar-refractivity contribution is 5.84. The van der Waals surface area contributed by atoms with Crippen molar-refractivity contribution in [1.82, 2.24) is 0 Å². The molecular weight excluding hydrogens is 152 g/mol. The number of carbonyl (C=O) groups is 1. The molecule has 1 heterocycles. The Morgan fingerprint density at radius 3 is 3.08 bits per heavy atom. The van der Waals surface area contributed by atoms with E-state index in [0.29, 0.717) is 6.42 Å². The van der Waals surface area contributed by atoms with Crippen molar-refractivity contribution in [3.05, 3.63) is 29.3 Å². The molecule has 0 aliphatic carbocycles. The lowest BCUT2D eigenvalue weighted by atomic mass is 10.0. The molecule has 0 saturated heterocycles. The monoisotopic (exact) mass is 162 g/mol. The second-order valence-electron chi connectivity index (χ2n) is 3.06. The maximum absolute atomic E-state index is 11.1. The maximum Gasteiger partial charge on any atom is 0.174 e. The fraction of sp³-hybridized carbons (Fsp3) is 0.300. The lowest BCUT2D eigenvalue weighted by Crippen LogP contribution is -2.20. The highest BCUT2D eigenvalue weighted by Crippen LogP contribution is 2.25. The normalized spacial score (nSPS) is 15.2. The van der Waals surface area contributed by atoms with Gasteiger partial charge in [0.2, 0.25) is 0 Å². The van der Waals surface area contributed by atoms with Gasteiger partial charge in [-0.3, -0.25) is 4.79 Å². The van der Waals surface area contributed by atoms with Crippen LogP contribution in [0.2, 0.25) is 0 Å². The van der Waals surface area contributed by atoms with Gasteiger partial charge in [-0.25, -0.2) is 0 Å². The van der Waals surface area contributed by atoms with E-state index in [0.717, 1.165) is 16.9 Å². The van der Waals surface area contributed by atoms with Crippen molar-refractivity contribution in [3.63, 3.8) is 0 Å². The van der Waals surface area contributed by atoms with E-state index in [9.17, 15) is 4.79 Å². The first-order valence-corrected chi connectivity index (χ1v) is 4.00. The van der Waals surface area contributed by atoms with Gasteiger partial charge in [0.25, 0.3) is 0 Å². The van der Waals surface area contributed by atoms with Crippen molar-refractivity contribution >= 4 is 5.78 Å². The zero-order valence-corrected chi connectivity index (χ0v) is 6.96. The average Bonchev–Trinajstić information content (AvgIpc) is 2.07. The van der Waals surface area contributed by atoms with Gasteiger partial charge in [-0.15, -0.1) is 0 Å². The van der Waals surface area contributed by atoms with Crippen molar-refractivity contribution < 1.29 is 9.53 Å². The van der Waals surface area contributed by atoms with Crippen molar-refractivity contribution in [1.29, 1.82) is 0 Å². The Balaban J connectivity index is 2.50. The molecule has 0 saturated carbocycles. The highest BCUT2D eigenvalue weighted by Gasteiger charge is 2.17. The SMILES string of the molecule is Cc1cccc2c1CC(=O)CO2. The number of fused-ring (bicyclic) bond motifs is 1. The molecule has 0 amide bonds. The van der Waals surface area contributed by atoms with Crippen LogP contribution >= 0.6 is 0 Å². The minimum Gasteiger partial charge on any atom is -0.486 e. The molecule has 0 atom stereocenters. The average molecular weight is 162 g/mol. The number of hydrogen-bond donors (Lipinski definition) is 0. The smallest absolute Gasteiger partial charge is 0.174 e. The van der Waals surface area contributed by atoms with Gasteiger partial charge >= 0.3 is 0 Å². The van der Waals surface area contributed by atoms with Crippen molar-refractivity contribution in [2.45, 2.75) is 13.3 Å². The molecule has 0 bridgehead atoms. The van der Waals surface area contributed by atoms with E-state index >= 15 is 0 Å². The zero-order valence-electron chi connectivity index (χ0n) is 6.96. The van der Waals surface area contributed by atoms with Crippen LogP contribution in [-0.2, 0) is 11.2 Å². The molecule has 12 heavy (non-hydrogen) atoms. The molecule has 0 N–H and O–H groups in total. The van der Waals surface area contributed by atoms with Crippen LogP contribution in [0.4, 0.5) is 0 Å². The molecule has 62 valence electrons. The van der Waals surface area contributed by atoms with Crippen LogP contribution in [0.1, 0.15) is 11.1 Å². The van der Waals surface area contributed by atoms with Gasteiger partial charge in [0.05, 0.1) is 0 Å². The van der Waals surface area contributed by atoms with Crippen molar-refractivity contribution in [3.8, 4) is 5.75 Å².